The Kier molecular flexibility index (Phi) is 5.17. The Morgan fingerprint density at radius 1 is 1.33 bits per heavy atom. The number of urea groups is 1. The summed E-state index contributed by atoms with van der Waals surface area (Å²) in [6.07, 6.45) is 2.86. The summed E-state index contributed by atoms with van der Waals surface area (Å²) in [6, 6.07) is -0.419. The summed E-state index contributed by atoms with van der Waals surface area (Å²) in [5.41, 5.74) is 0. The molecule has 3 N–H and O–H groups in total. The quantitative estimate of drug-likeness (QED) is 0.785. The van der Waals surface area contributed by atoms with Crippen molar-refractivity contribution < 1.29 is 14.4 Å². The molecule has 1 aromatic rings. The van der Waals surface area contributed by atoms with Gasteiger partial charge in [0.1, 0.15) is 6.04 Å². The molecule has 7 nitrogen and oxygen atoms in total. The molecule has 0 bridgehead atoms. The van der Waals surface area contributed by atoms with Crippen LogP contribution in [0.2, 0.25) is 0 Å². The van der Waals surface area contributed by atoms with Gasteiger partial charge in [-0.3, -0.25) is 0 Å². The first-order chi connectivity index (χ1) is 9.95. The Morgan fingerprint density at radius 2 is 2.00 bits per heavy atom. The zero-order valence-corrected chi connectivity index (χ0v) is 12.8. The van der Waals surface area contributed by atoms with Crippen LogP contribution in [0.5, 0.6) is 0 Å². The fraction of sp³-hybridized carbons (Fsp3) is 0.786. The SMILES string of the molecule is Cc1noc(C(NC(=O)NC2CCC(O)CC2)C(C)C)n1. The molecule has 0 aromatic carbocycles. The number of nitrogens with one attached hydrogen (secondary N) is 2. The summed E-state index contributed by atoms with van der Waals surface area (Å²) < 4.78 is 5.16. The molecule has 2 rings (SSSR count). The van der Waals surface area contributed by atoms with Gasteiger partial charge in [-0.25, -0.2) is 4.79 Å². The van der Waals surface area contributed by atoms with Gasteiger partial charge in [0.25, 0.3) is 0 Å². The lowest BCUT2D eigenvalue weighted by Crippen LogP contribution is -2.46. The van der Waals surface area contributed by atoms with Crippen LogP contribution in [0.4, 0.5) is 4.79 Å². The van der Waals surface area contributed by atoms with Gasteiger partial charge in [-0.1, -0.05) is 19.0 Å². The zero-order chi connectivity index (χ0) is 15.4. The van der Waals surface area contributed by atoms with Crippen LogP contribution in [0, 0.1) is 12.8 Å². The summed E-state index contributed by atoms with van der Waals surface area (Å²) >= 11 is 0. The lowest BCUT2D eigenvalue weighted by molar-refractivity contribution is 0.117. The molecule has 21 heavy (non-hydrogen) atoms. The maximum Gasteiger partial charge on any atom is 0.315 e. The van der Waals surface area contributed by atoms with Crippen LogP contribution in [0.3, 0.4) is 0 Å². The highest BCUT2D eigenvalue weighted by Crippen LogP contribution is 2.21. The average molecular weight is 296 g/mol. The van der Waals surface area contributed by atoms with Crippen molar-refractivity contribution in [3.63, 3.8) is 0 Å². The summed E-state index contributed by atoms with van der Waals surface area (Å²) in [7, 11) is 0. The molecular formula is C14H24N4O3. The number of hydrogen-bond acceptors (Lipinski definition) is 5. The van der Waals surface area contributed by atoms with Crippen molar-refractivity contribution in [1.29, 1.82) is 0 Å². The molecule has 1 heterocycles. The van der Waals surface area contributed by atoms with Crippen LogP contribution in [-0.4, -0.2) is 33.4 Å². The van der Waals surface area contributed by atoms with E-state index in [0.717, 1.165) is 25.7 Å². The standard InChI is InChI=1S/C14H24N4O3/c1-8(2)12(13-15-9(3)18-21-13)17-14(20)16-10-4-6-11(19)7-5-10/h8,10-12,19H,4-7H2,1-3H3,(H2,16,17,20). The van der Waals surface area contributed by atoms with Gasteiger partial charge in [0, 0.05) is 6.04 Å². The number of carbonyl (C=O) groups excluding carboxylic acids is 1. The largest absolute Gasteiger partial charge is 0.393 e. The summed E-state index contributed by atoms with van der Waals surface area (Å²) in [5.74, 6) is 1.12. The van der Waals surface area contributed by atoms with Crippen molar-refractivity contribution in [2.24, 2.45) is 5.92 Å². The van der Waals surface area contributed by atoms with E-state index in [1.807, 2.05) is 13.8 Å². The number of aliphatic hydroxyl groups excluding tert-OH is 1. The molecule has 2 amide bonds. The zero-order valence-electron chi connectivity index (χ0n) is 12.8. The third-order valence-electron chi connectivity index (χ3n) is 3.79. The molecule has 1 aliphatic rings. The van der Waals surface area contributed by atoms with Gasteiger partial charge in [0.2, 0.25) is 5.89 Å². The molecule has 1 atom stereocenters. The third-order valence-corrected chi connectivity index (χ3v) is 3.79. The van der Waals surface area contributed by atoms with Gasteiger partial charge in [-0.05, 0) is 38.5 Å². The van der Waals surface area contributed by atoms with Crippen molar-refractivity contribution in [1.82, 2.24) is 20.8 Å². The first kappa shape index (κ1) is 15.8. The third kappa shape index (κ3) is 4.42. The molecule has 1 saturated carbocycles. The second-order valence-corrected chi connectivity index (χ2v) is 6.02. The Balaban J connectivity index is 1.90. The molecule has 1 fully saturated rings. The van der Waals surface area contributed by atoms with E-state index >= 15 is 0 Å². The van der Waals surface area contributed by atoms with E-state index in [1.54, 1.807) is 6.92 Å². The maximum absolute atomic E-state index is 12.1. The summed E-state index contributed by atoms with van der Waals surface area (Å²) in [4.78, 5) is 16.3. The Bertz CT molecular complexity index is 467. The van der Waals surface area contributed by atoms with Crippen LogP contribution in [0.1, 0.15) is 57.3 Å². The Labute approximate surface area is 124 Å². The lowest BCUT2D eigenvalue weighted by atomic mass is 9.93. The molecule has 118 valence electrons. The smallest absolute Gasteiger partial charge is 0.315 e. The number of rotatable bonds is 4. The average Bonchev–Trinajstić information content (AvgIpc) is 2.85. The monoisotopic (exact) mass is 296 g/mol. The van der Waals surface area contributed by atoms with E-state index in [0.29, 0.717) is 11.7 Å². The number of aromatic nitrogens is 2. The van der Waals surface area contributed by atoms with E-state index in [2.05, 4.69) is 20.8 Å². The number of carbonyl (C=O) groups is 1. The molecule has 7 heteroatoms. The first-order valence-corrected chi connectivity index (χ1v) is 7.51. The molecular weight excluding hydrogens is 272 g/mol. The van der Waals surface area contributed by atoms with Crippen molar-refractivity contribution in [3.8, 4) is 0 Å². The van der Waals surface area contributed by atoms with Crippen molar-refractivity contribution in [2.75, 3.05) is 0 Å². The van der Waals surface area contributed by atoms with Gasteiger partial charge in [0.05, 0.1) is 6.10 Å². The van der Waals surface area contributed by atoms with Gasteiger partial charge >= 0.3 is 6.03 Å². The Hall–Kier alpha value is -1.63. The van der Waals surface area contributed by atoms with E-state index < -0.39 is 0 Å². The van der Waals surface area contributed by atoms with Gasteiger partial charge in [-0.2, -0.15) is 4.98 Å². The van der Waals surface area contributed by atoms with Gasteiger partial charge in [0.15, 0.2) is 5.82 Å². The highest BCUT2D eigenvalue weighted by atomic mass is 16.5. The molecule has 1 unspecified atom stereocenters. The van der Waals surface area contributed by atoms with E-state index in [4.69, 9.17) is 4.52 Å². The minimum atomic E-state index is -0.305. The van der Waals surface area contributed by atoms with E-state index in [1.165, 1.54) is 0 Å². The van der Waals surface area contributed by atoms with Crippen molar-refractivity contribution in [2.45, 2.75) is 64.6 Å². The molecule has 0 saturated heterocycles. The number of aryl methyl sites for hydroxylation is 1. The van der Waals surface area contributed by atoms with Crippen molar-refractivity contribution in [3.05, 3.63) is 11.7 Å². The van der Waals surface area contributed by atoms with Crippen molar-refractivity contribution >= 4 is 6.03 Å². The number of aliphatic hydroxyl groups is 1. The second-order valence-electron chi connectivity index (χ2n) is 6.02. The minimum Gasteiger partial charge on any atom is -0.393 e. The minimum absolute atomic E-state index is 0.116. The molecule has 1 aromatic heterocycles. The second kappa shape index (κ2) is 6.89. The maximum atomic E-state index is 12.1. The van der Waals surface area contributed by atoms with Crippen LogP contribution in [-0.2, 0) is 0 Å². The van der Waals surface area contributed by atoms with E-state index in [9.17, 15) is 9.90 Å². The van der Waals surface area contributed by atoms with Crippen LogP contribution >= 0.6 is 0 Å². The topological polar surface area (TPSA) is 100 Å². The number of nitrogens with zero attached hydrogens (tertiary/aromatic N) is 2. The van der Waals surface area contributed by atoms with E-state index in [-0.39, 0.29) is 30.1 Å². The van der Waals surface area contributed by atoms with Crippen LogP contribution in [0.15, 0.2) is 4.52 Å². The van der Waals surface area contributed by atoms with Gasteiger partial charge < -0.3 is 20.3 Å². The molecule has 0 radical (unpaired) electrons. The fourth-order valence-corrected chi connectivity index (χ4v) is 2.54. The Morgan fingerprint density at radius 3 is 2.52 bits per heavy atom. The number of hydrogen-bond donors (Lipinski definition) is 3. The van der Waals surface area contributed by atoms with Crippen LogP contribution < -0.4 is 10.6 Å². The highest BCUT2D eigenvalue weighted by Gasteiger charge is 2.26. The first-order valence-electron chi connectivity index (χ1n) is 7.51. The fourth-order valence-electron chi connectivity index (χ4n) is 2.54. The molecule has 0 spiro atoms. The van der Waals surface area contributed by atoms with Crippen LogP contribution in [0.25, 0.3) is 0 Å². The predicted octanol–water partition coefficient (Wildman–Crippen LogP) is 1.68. The lowest BCUT2D eigenvalue weighted by Gasteiger charge is -2.27. The summed E-state index contributed by atoms with van der Waals surface area (Å²) in [6.45, 7) is 5.72. The number of amides is 2. The summed E-state index contributed by atoms with van der Waals surface area (Å²) in [5, 5.41) is 19.1. The van der Waals surface area contributed by atoms with Gasteiger partial charge in [-0.15, -0.1) is 0 Å². The molecule has 1 aliphatic carbocycles. The highest BCUT2D eigenvalue weighted by molar-refractivity contribution is 5.74. The normalized spacial score (nSPS) is 23.9. The predicted molar refractivity (Wildman–Crippen MR) is 76.5 cm³/mol. The molecule has 0 aliphatic heterocycles.